The zero-order chi connectivity index (χ0) is 20.5. The monoisotopic (exact) mass is 427 g/mol. The first-order valence-electron chi connectivity index (χ1n) is 10.1. The molecule has 3 aromatic rings. The average molecular weight is 428 g/mol. The molecule has 0 saturated carbocycles. The van der Waals surface area contributed by atoms with E-state index in [1.807, 2.05) is 17.0 Å². The fourth-order valence-corrected chi connectivity index (χ4v) is 5.13. The summed E-state index contributed by atoms with van der Waals surface area (Å²) >= 11 is 1.41. The van der Waals surface area contributed by atoms with Crippen molar-refractivity contribution in [2.45, 2.75) is 37.3 Å². The fraction of sp³-hybridized carbons (Fsp3) is 0.381. The summed E-state index contributed by atoms with van der Waals surface area (Å²) in [7, 11) is 0. The molecule has 2 saturated heterocycles. The molecule has 2 aromatic heterocycles. The van der Waals surface area contributed by atoms with Gasteiger partial charge in [-0.2, -0.15) is 0 Å². The Hall–Kier alpha value is -2.62. The van der Waals surface area contributed by atoms with Crippen molar-refractivity contribution in [1.29, 1.82) is 0 Å². The van der Waals surface area contributed by atoms with Crippen LogP contribution in [0.15, 0.2) is 47.1 Å². The van der Waals surface area contributed by atoms with Crippen LogP contribution in [0.2, 0.25) is 0 Å². The highest BCUT2D eigenvalue weighted by atomic mass is 32.1. The van der Waals surface area contributed by atoms with E-state index in [9.17, 15) is 9.18 Å². The van der Waals surface area contributed by atoms with Crippen LogP contribution in [0.5, 0.6) is 0 Å². The third-order valence-corrected chi connectivity index (χ3v) is 6.83. The van der Waals surface area contributed by atoms with Crippen molar-refractivity contribution in [3.05, 3.63) is 59.2 Å². The summed E-state index contributed by atoms with van der Waals surface area (Å²) in [6, 6.07) is 10.0. The van der Waals surface area contributed by atoms with Gasteiger partial charge in [0.05, 0.1) is 12.3 Å². The minimum absolute atomic E-state index is 0.0129. The van der Waals surface area contributed by atoms with Gasteiger partial charge in [-0.15, -0.1) is 10.2 Å². The molecule has 3 unspecified atom stereocenters. The molecule has 2 fully saturated rings. The third-order valence-electron chi connectivity index (χ3n) is 5.72. The van der Waals surface area contributed by atoms with E-state index in [4.69, 9.17) is 4.42 Å². The number of rotatable bonds is 4. The predicted molar refractivity (Wildman–Crippen MR) is 110 cm³/mol. The molecule has 2 aliphatic rings. The molecule has 7 nitrogen and oxygen atoms in total. The van der Waals surface area contributed by atoms with Crippen LogP contribution in [-0.4, -0.2) is 40.1 Å². The minimum atomic E-state index is -0.299. The minimum Gasteiger partial charge on any atom is -0.468 e. The molecule has 0 radical (unpaired) electrons. The maximum Gasteiger partial charge on any atom is 0.241 e. The first kappa shape index (κ1) is 19.3. The summed E-state index contributed by atoms with van der Waals surface area (Å²) in [5, 5.41) is 9.95. The second-order valence-electron chi connectivity index (χ2n) is 7.69. The average Bonchev–Trinajstić information content (AvgIpc) is 3.55. The first-order chi connectivity index (χ1) is 14.7. The van der Waals surface area contributed by atoms with Crippen molar-refractivity contribution in [1.82, 2.24) is 25.9 Å². The smallest absolute Gasteiger partial charge is 0.241 e. The molecular formula is C21H22FN5O2S. The Morgan fingerprint density at radius 1 is 1.20 bits per heavy atom. The van der Waals surface area contributed by atoms with Crippen molar-refractivity contribution < 1.29 is 13.6 Å². The van der Waals surface area contributed by atoms with Gasteiger partial charge in [-0.3, -0.25) is 4.79 Å². The number of piperidine rings is 1. The Labute approximate surface area is 177 Å². The molecule has 1 aromatic carbocycles. The highest BCUT2D eigenvalue weighted by molar-refractivity contribution is 7.14. The van der Waals surface area contributed by atoms with Gasteiger partial charge in [0.2, 0.25) is 5.91 Å². The topological polar surface area (TPSA) is 83.3 Å². The number of hydrogen-bond donors (Lipinski definition) is 2. The SMILES string of the molecule is O=C(C1CC(c2ccco2)NN1)N1CCCC(c2nnc(-c3ccccc3F)s2)C1. The van der Waals surface area contributed by atoms with Gasteiger partial charge >= 0.3 is 0 Å². The van der Waals surface area contributed by atoms with Crippen LogP contribution in [0.4, 0.5) is 4.39 Å². The standard InChI is InChI=1S/C21H22FN5O2S/c22-15-7-2-1-6-14(15)20-26-25-19(30-20)13-5-3-9-27(12-13)21(28)17-11-16(23-24-17)18-8-4-10-29-18/h1-2,4,6-8,10,13,16-17,23-24H,3,5,9,11-12H2. The van der Waals surface area contributed by atoms with E-state index >= 15 is 0 Å². The van der Waals surface area contributed by atoms with Gasteiger partial charge < -0.3 is 9.32 Å². The lowest BCUT2D eigenvalue weighted by molar-refractivity contribution is -0.134. The maximum absolute atomic E-state index is 14.1. The van der Waals surface area contributed by atoms with Gasteiger partial charge in [0.15, 0.2) is 5.01 Å². The van der Waals surface area contributed by atoms with Crippen molar-refractivity contribution in [2.24, 2.45) is 0 Å². The summed E-state index contributed by atoms with van der Waals surface area (Å²) in [5.41, 5.74) is 6.73. The Kier molecular flexibility index (Phi) is 5.32. The van der Waals surface area contributed by atoms with E-state index in [1.54, 1.807) is 24.5 Å². The van der Waals surface area contributed by atoms with E-state index in [2.05, 4.69) is 21.0 Å². The van der Waals surface area contributed by atoms with Crippen LogP contribution >= 0.6 is 11.3 Å². The number of carbonyl (C=O) groups excluding carboxylic acids is 1. The van der Waals surface area contributed by atoms with E-state index in [0.717, 1.165) is 30.2 Å². The Morgan fingerprint density at radius 2 is 2.10 bits per heavy atom. The number of carbonyl (C=O) groups is 1. The van der Waals surface area contributed by atoms with Crippen molar-refractivity contribution >= 4 is 17.2 Å². The molecule has 0 bridgehead atoms. The number of hydrogen-bond acceptors (Lipinski definition) is 7. The molecule has 0 spiro atoms. The van der Waals surface area contributed by atoms with Crippen molar-refractivity contribution in [3.8, 4) is 10.6 Å². The summed E-state index contributed by atoms with van der Waals surface area (Å²) < 4.78 is 19.5. The number of halogens is 1. The molecule has 1 amide bonds. The summed E-state index contributed by atoms with van der Waals surface area (Å²) in [6.45, 7) is 1.34. The van der Waals surface area contributed by atoms with Crippen LogP contribution in [-0.2, 0) is 4.79 Å². The van der Waals surface area contributed by atoms with E-state index < -0.39 is 0 Å². The van der Waals surface area contributed by atoms with Gasteiger partial charge in [0, 0.05) is 24.6 Å². The normalized spacial score (nSPS) is 24.3. The van der Waals surface area contributed by atoms with Gasteiger partial charge in [-0.25, -0.2) is 15.2 Å². The number of benzene rings is 1. The molecule has 4 heterocycles. The van der Waals surface area contributed by atoms with Crippen LogP contribution in [0.1, 0.15) is 42.0 Å². The molecule has 0 aliphatic carbocycles. The van der Waals surface area contributed by atoms with E-state index in [0.29, 0.717) is 23.5 Å². The van der Waals surface area contributed by atoms with Crippen LogP contribution < -0.4 is 10.9 Å². The number of furan rings is 1. The predicted octanol–water partition coefficient (Wildman–Crippen LogP) is 3.25. The van der Waals surface area contributed by atoms with Crippen molar-refractivity contribution in [3.63, 3.8) is 0 Å². The lowest BCUT2D eigenvalue weighted by atomic mass is 9.97. The number of nitrogens with zero attached hydrogens (tertiary/aromatic N) is 3. The number of likely N-dealkylation sites (tertiary alicyclic amines) is 1. The van der Waals surface area contributed by atoms with Crippen LogP contribution in [0.25, 0.3) is 10.6 Å². The molecule has 2 aliphatic heterocycles. The largest absolute Gasteiger partial charge is 0.468 e. The molecule has 3 atom stereocenters. The molecule has 9 heteroatoms. The molecular weight excluding hydrogens is 405 g/mol. The van der Waals surface area contributed by atoms with Gasteiger partial charge in [0.25, 0.3) is 0 Å². The van der Waals surface area contributed by atoms with Crippen LogP contribution in [0.3, 0.4) is 0 Å². The fourth-order valence-electron chi connectivity index (χ4n) is 4.14. The first-order valence-corrected chi connectivity index (χ1v) is 10.9. The Balaban J connectivity index is 1.25. The van der Waals surface area contributed by atoms with Crippen molar-refractivity contribution in [2.75, 3.05) is 13.1 Å². The summed E-state index contributed by atoms with van der Waals surface area (Å²) in [5.74, 6) is 0.728. The lowest BCUT2D eigenvalue weighted by Gasteiger charge is -2.33. The third kappa shape index (κ3) is 3.76. The summed E-state index contributed by atoms with van der Waals surface area (Å²) in [6.07, 6.45) is 4.14. The van der Waals surface area contributed by atoms with Gasteiger partial charge in [0.1, 0.15) is 22.6 Å². The number of amides is 1. The van der Waals surface area contributed by atoms with E-state index in [1.165, 1.54) is 17.4 Å². The number of nitrogens with one attached hydrogen (secondary N) is 2. The number of hydrazine groups is 1. The maximum atomic E-state index is 14.1. The second kappa shape index (κ2) is 8.25. The number of aromatic nitrogens is 2. The molecule has 30 heavy (non-hydrogen) atoms. The lowest BCUT2D eigenvalue weighted by Crippen LogP contribution is -2.48. The molecule has 156 valence electrons. The molecule has 2 N–H and O–H groups in total. The zero-order valence-electron chi connectivity index (χ0n) is 16.3. The second-order valence-corrected chi connectivity index (χ2v) is 8.70. The Bertz CT molecular complexity index is 1020. The highest BCUT2D eigenvalue weighted by Gasteiger charge is 2.36. The quantitative estimate of drug-likeness (QED) is 0.665. The highest BCUT2D eigenvalue weighted by Crippen LogP contribution is 2.34. The Morgan fingerprint density at radius 3 is 2.93 bits per heavy atom. The van der Waals surface area contributed by atoms with E-state index in [-0.39, 0.29) is 29.7 Å². The van der Waals surface area contributed by atoms with Crippen LogP contribution in [0, 0.1) is 5.82 Å². The summed E-state index contributed by atoms with van der Waals surface area (Å²) in [4.78, 5) is 15.0. The molecule has 5 rings (SSSR count). The van der Waals surface area contributed by atoms with Gasteiger partial charge in [-0.1, -0.05) is 23.5 Å². The zero-order valence-corrected chi connectivity index (χ0v) is 17.1. The van der Waals surface area contributed by atoms with Gasteiger partial charge in [-0.05, 0) is 43.5 Å².